The second-order valence-electron chi connectivity index (χ2n) is 7.41. The van der Waals surface area contributed by atoms with Crippen LogP contribution in [0.3, 0.4) is 0 Å². The largest absolute Gasteiger partial charge is 0.487 e. The number of thioether (sulfide) groups is 1. The number of rotatable bonds is 7. The molecule has 0 unspecified atom stereocenters. The number of halogens is 3. The number of nitrogens with zero attached hydrogens (tertiary/aromatic N) is 1. The molecule has 0 aliphatic carbocycles. The molecule has 0 aromatic heterocycles. The molecule has 35 heavy (non-hydrogen) atoms. The van der Waals surface area contributed by atoms with Crippen molar-refractivity contribution in [2.24, 2.45) is 0 Å². The molecule has 0 atom stereocenters. The van der Waals surface area contributed by atoms with Crippen LogP contribution in [0.4, 0.5) is 10.5 Å². The van der Waals surface area contributed by atoms with Gasteiger partial charge in [-0.25, -0.2) is 0 Å². The van der Waals surface area contributed by atoms with Crippen molar-refractivity contribution in [3.05, 3.63) is 96.7 Å². The topological polar surface area (TPSA) is 75.7 Å². The third-order valence-electron chi connectivity index (χ3n) is 4.85. The zero-order chi connectivity index (χ0) is 24.9. The van der Waals surface area contributed by atoms with E-state index in [1.54, 1.807) is 54.6 Å². The highest BCUT2D eigenvalue weighted by atomic mass is 79.9. The van der Waals surface area contributed by atoms with Gasteiger partial charge in [0.05, 0.1) is 13.9 Å². The Morgan fingerprint density at radius 3 is 2.34 bits per heavy atom. The summed E-state index contributed by atoms with van der Waals surface area (Å²) in [6, 6.07) is 19.8. The zero-order valence-electron chi connectivity index (χ0n) is 18.0. The van der Waals surface area contributed by atoms with Gasteiger partial charge in [0.2, 0.25) is 5.91 Å². The summed E-state index contributed by atoms with van der Waals surface area (Å²) in [5, 5.41) is 2.83. The van der Waals surface area contributed by atoms with E-state index in [1.807, 2.05) is 18.2 Å². The molecule has 1 saturated heterocycles. The first-order valence-electron chi connectivity index (χ1n) is 10.3. The summed E-state index contributed by atoms with van der Waals surface area (Å²) >= 11 is 13.7. The van der Waals surface area contributed by atoms with Gasteiger partial charge >= 0.3 is 0 Å². The molecule has 178 valence electrons. The van der Waals surface area contributed by atoms with E-state index in [1.165, 1.54) is 0 Å². The lowest BCUT2D eigenvalue weighted by Crippen LogP contribution is -2.36. The minimum absolute atomic E-state index is 0.233. The van der Waals surface area contributed by atoms with Gasteiger partial charge in [-0.3, -0.25) is 19.3 Å². The predicted octanol–water partition coefficient (Wildman–Crippen LogP) is 7.12. The number of carbonyl (C=O) groups excluding carboxylic acids is 3. The van der Waals surface area contributed by atoms with Crippen molar-refractivity contribution < 1.29 is 19.1 Å². The molecule has 10 heteroatoms. The highest BCUT2D eigenvalue weighted by Crippen LogP contribution is 2.38. The fourth-order valence-electron chi connectivity index (χ4n) is 3.19. The van der Waals surface area contributed by atoms with Crippen molar-refractivity contribution in [1.29, 1.82) is 0 Å². The first-order chi connectivity index (χ1) is 16.8. The van der Waals surface area contributed by atoms with Crippen molar-refractivity contribution in [1.82, 2.24) is 4.90 Å². The number of benzene rings is 3. The minimum atomic E-state index is -0.515. The van der Waals surface area contributed by atoms with Crippen molar-refractivity contribution in [2.45, 2.75) is 6.61 Å². The Morgan fingerprint density at radius 2 is 1.69 bits per heavy atom. The SMILES string of the molecule is O=C(CN1C(=O)S/C(=C/c2cc(Br)c(OCc3ccc(Cl)cc3)c(Br)c2)C1=O)Nc1ccccc1. The molecule has 6 nitrogen and oxygen atoms in total. The highest BCUT2D eigenvalue weighted by Gasteiger charge is 2.36. The van der Waals surface area contributed by atoms with E-state index < -0.39 is 17.1 Å². The van der Waals surface area contributed by atoms with Gasteiger partial charge in [0.1, 0.15) is 18.9 Å². The van der Waals surface area contributed by atoms with Gasteiger partial charge in [-0.05, 0) is 97.2 Å². The molecule has 1 fully saturated rings. The molecule has 0 saturated carbocycles. The molecule has 3 amide bonds. The zero-order valence-corrected chi connectivity index (χ0v) is 22.7. The highest BCUT2D eigenvalue weighted by molar-refractivity contribution is 9.11. The van der Waals surface area contributed by atoms with Gasteiger partial charge in [-0.1, -0.05) is 41.9 Å². The summed E-state index contributed by atoms with van der Waals surface area (Å²) in [5.74, 6) is -0.367. The molecule has 3 aromatic carbocycles. The van der Waals surface area contributed by atoms with Crippen LogP contribution in [-0.2, 0) is 16.2 Å². The number of carbonyl (C=O) groups is 3. The summed E-state index contributed by atoms with van der Waals surface area (Å²) in [4.78, 5) is 38.7. The number of hydrogen-bond donors (Lipinski definition) is 1. The maximum atomic E-state index is 12.8. The lowest BCUT2D eigenvalue weighted by Gasteiger charge is -2.12. The van der Waals surface area contributed by atoms with Crippen LogP contribution in [-0.4, -0.2) is 28.5 Å². The fraction of sp³-hybridized carbons (Fsp3) is 0.0800. The maximum Gasteiger partial charge on any atom is 0.294 e. The molecule has 0 spiro atoms. The Kier molecular flexibility index (Phi) is 8.33. The molecule has 1 heterocycles. The average molecular weight is 637 g/mol. The molecular weight excluding hydrogens is 620 g/mol. The number of para-hydroxylation sites is 1. The summed E-state index contributed by atoms with van der Waals surface area (Å²) in [6.07, 6.45) is 1.61. The van der Waals surface area contributed by atoms with Crippen LogP contribution < -0.4 is 10.1 Å². The second kappa shape index (κ2) is 11.4. The van der Waals surface area contributed by atoms with Crippen LogP contribution in [0.5, 0.6) is 5.75 Å². The van der Waals surface area contributed by atoms with E-state index in [2.05, 4.69) is 37.2 Å². The standard InChI is InChI=1S/C25H17Br2ClN2O4S/c26-19-10-16(11-20(27)23(19)34-14-15-6-8-17(28)9-7-15)12-21-24(32)30(25(33)35-21)13-22(31)29-18-4-2-1-3-5-18/h1-12H,13-14H2,(H,29,31)/b21-12+. The summed E-state index contributed by atoms with van der Waals surface area (Å²) in [5.41, 5.74) is 2.23. The van der Waals surface area contributed by atoms with Gasteiger partial charge in [-0.15, -0.1) is 0 Å². The van der Waals surface area contributed by atoms with Crippen molar-refractivity contribution >= 4 is 84.0 Å². The van der Waals surface area contributed by atoms with E-state index in [9.17, 15) is 14.4 Å². The molecular formula is C25H17Br2ClN2O4S. The Hall–Kier alpha value is -2.59. The number of anilines is 1. The van der Waals surface area contributed by atoms with Gasteiger partial charge in [0.25, 0.3) is 11.1 Å². The molecule has 1 N–H and O–H groups in total. The average Bonchev–Trinajstić information content (AvgIpc) is 3.07. The van der Waals surface area contributed by atoms with E-state index in [0.717, 1.165) is 22.2 Å². The van der Waals surface area contributed by atoms with E-state index in [-0.39, 0.29) is 11.4 Å². The van der Waals surface area contributed by atoms with Crippen LogP contribution >= 0.6 is 55.2 Å². The summed E-state index contributed by atoms with van der Waals surface area (Å²) in [6.45, 7) is -0.0145. The Labute approximate surface area is 227 Å². The first kappa shape index (κ1) is 25.5. The monoisotopic (exact) mass is 634 g/mol. The molecule has 1 aliphatic heterocycles. The van der Waals surface area contributed by atoms with Crippen LogP contribution in [0.2, 0.25) is 5.02 Å². The molecule has 1 aliphatic rings. The lowest BCUT2D eigenvalue weighted by atomic mass is 10.2. The minimum Gasteiger partial charge on any atom is -0.487 e. The number of hydrogen-bond acceptors (Lipinski definition) is 5. The molecule has 3 aromatic rings. The van der Waals surface area contributed by atoms with Gasteiger partial charge in [0.15, 0.2) is 0 Å². The normalized spacial score (nSPS) is 14.5. The predicted molar refractivity (Wildman–Crippen MR) is 145 cm³/mol. The van der Waals surface area contributed by atoms with Gasteiger partial charge in [0, 0.05) is 10.7 Å². The fourth-order valence-corrected chi connectivity index (χ4v) is 5.61. The Morgan fingerprint density at radius 1 is 1.03 bits per heavy atom. The second-order valence-corrected chi connectivity index (χ2v) is 10.5. The maximum absolute atomic E-state index is 12.8. The molecule has 0 bridgehead atoms. The summed E-state index contributed by atoms with van der Waals surface area (Å²) < 4.78 is 7.28. The third-order valence-corrected chi connectivity index (χ3v) is 7.19. The van der Waals surface area contributed by atoms with Crippen LogP contribution in [0.1, 0.15) is 11.1 Å². The lowest BCUT2D eigenvalue weighted by molar-refractivity contribution is -0.127. The van der Waals surface area contributed by atoms with Gasteiger partial charge in [-0.2, -0.15) is 0 Å². The van der Waals surface area contributed by atoms with Crippen LogP contribution in [0.15, 0.2) is 80.6 Å². The molecule has 0 radical (unpaired) electrons. The molecule has 4 rings (SSSR count). The van der Waals surface area contributed by atoms with Crippen LogP contribution in [0.25, 0.3) is 6.08 Å². The van der Waals surface area contributed by atoms with E-state index in [0.29, 0.717) is 37.6 Å². The number of amides is 3. The Bertz CT molecular complexity index is 1290. The number of ether oxygens (including phenoxy) is 1. The van der Waals surface area contributed by atoms with E-state index in [4.69, 9.17) is 16.3 Å². The van der Waals surface area contributed by atoms with Crippen molar-refractivity contribution in [3.63, 3.8) is 0 Å². The third kappa shape index (κ3) is 6.55. The van der Waals surface area contributed by atoms with Gasteiger partial charge < -0.3 is 10.1 Å². The smallest absolute Gasteiger partial charge is 0.294 e. The Balaban J connectivity index is 1.44. The number of imide groups is 1. The van der Waals surface area contributed by atoms with Crippen LogP contribution in [0, 0.1) is 0 Å². The quantitative estimate of drug-likeness (QED) is 0.280. The van der Waals surface area contributed by atoms with Crippen molar-refractivity contribution in [3.8, 4) is 5.75 Å². The van der Waals surface area contributed by atoms with Crippen molar-refractivity contribution in [2.75, 3.05) is 11.9 Å². The first-order valence-corrected chi connectivity index (χ1v) is 13.0. The summed E-state index contributed by atoms with van der Waals surface area (Å²) in [7, 11) is 0. The van der Waals surface area contributed by atoms with E-state index >= 15 is 0 Å². The number of nitrogens with one attached hydrogen (secondary N) is 1.